The van der Waals surface area contributed by atoms with Gasteiger partial charge < -0.3 is 9.47 Å². The molecule has 3 heteroatoms. The number of aryl methyl sites for hydroxylation is 2. The zero-order valence-electron chi connectivity index (χ0n) is 11.6. The summed E-state index contributed by atoms with van der Waals surface area (Å²) in [6.45, 7) is 4.78. The van der Waals surface area contributed by atoms with Crippen molar-refractivity contribution in [2.45, 2.75) is 24.8 Å². The van der Waals surface area contributed by atoms with Gasteiger partial charge >= 0.3 is 0 Å². The first kappa shape index (κ1) is 13.5. The topological polar surface area (TPSA) is 18.5 Å². The first-order chi connectivity index (χ1) is 9.63. The van der Waals surface area contributed by atoms with E-state index < -0.39 is 0 Å². The minimum Gasteiger partial charge on any atom is -0.492 e. The largest absolute Gasteiger partial charge is 0.492 e. The predicted octanol–water partition coefficient (Wildman–Crippen LogP) is 4.58. The van der Waals surface area contributed by atoms with Crippen LogP contribution >= 0.6 is 15.9 Å². The number of hydrogen-bond acceptors (Lipinski definition) is 2. The van der Waals surface area contributed by atoms with Crippen LogP contribution < -0.4 is 9.47 Å². The third-order valence-electron chi connectivity index (χ3n) is 3.48. The molecule has 1 heterocycles. The van der Waals surface area contributed by atoms with Gasteiger partial charge in [-0.2, -0.15) is 0 Å². The summed E-state index contributed by atoms with van der Waals surface area (Å²) in [7, 11) is 0. The Hall–Kier alpha value is -1.48. The highest BCUT2D eigenvalue weighted by Crippen LogP contribution is 2.38. The maximum atomic E-state index is 6.18. The van der Waals surface area contributed by atoms with Gasteiger partial charge in [0, 0.05) is 5.56 Å². The van der Waals surface area contributed by atoms with Crippen LogP contribution in [0.25, 0.3) is 0 Å². The zero-order chi connectivity index (χ0) is 14.1. The van der Waals surface area contributed by atoms with Gasteiger partial charge in [-0.1, -0.05) is 45.3 Å². The van der Waals surface area contributed by atoms with Crippen LogP contribution in [0, 0.1) is 13.8 Å². The third-order valence-corrected chi connectivity index (χ3v) is 4.23. The SMILES string of the molecule is Cc1ccc(O[C@@H]2c3cc(C)ccc3OC[C@H]2Br)cc1. The van der Waals surface area contributed by atoms with Gasteiger partial charge in [0.25, 0.3) is 0 Å². The average Bonchev–Trinajstić information content (AvgIpc) is 2.44. The van der Waals surface area contributed by atoms with Crippen molar-refractivity contribution in [3.05, 3.63) is 59.2 Å². The van der Waals surface area contributed by atoms with E-state index in [1.807, 2.05) is 18.2 Å². The van der Waals surface area contributed by atoms with E-state index in [1.54, 1.807) is 0 Å². The Kier molecular flexibility index (Phi) is 3.70. The summed E-state index contributed by atoms with van der Waals surface area (Å²) < 4.78 is 11.9. The molecule has 0 unspecified atom stereocenters. The highest BCUT2D eigenvalue weighted by Gasteiger charge is 2.31. The zero-order valence-corrected chi connectivity index (χ0v) is 13.2. The van der Waals surface area contributed by atoms with Crippen LogP contribution in [0.3, 0.4) is 0 Å². The number of halogens is 1. The van der Waals surface area contributed by atoms with E-state index in [-0.39, 0.29) is 10.9 Å². The normalized spacial score (nSPS) is 20.9. The van der Waals surface area contributed by atoms with Gasteiger partial charge in [-0.25, -0.2) is 0 Å². The first-order valence-corrected chi connectivity index (χ1v) is 7.66. The molecule has 104 valence electrons. The van der Waals surface area contributed by atoms with Gasteiger partial charge in [0.2, 0.25) is 0 Å². The van der Waals surface area contributed by atoms with Crippen molar-refractivity contribution in [1.82, 2.24) is 0 Å². The van der Waals surface area contributed by atoms with Crippen LogP contribution in [0.15, 0.2) is 42.5 Å². The molecule has 0 N–H and O–H groups in total. The monoisotopic (exact) mass is 332 g/mol. The van der Waals surface area contributed by atoms with Crippen LogP contribution in [-0.2, 0) is 0 Å². The highest BCUT2D eigenvalue weighted by atomic mass is 79.9. The van der Waals surface area contributed by atoms with E-state index in [9.17, 15) is 0 Å². The van der Waals surface area contributed by atoms with Crippen molar-refractivity contribution < 1.29 is 9.47 Å². The van der Waals surface area contributed by atoms with Gasteiger partial charge in [-0.15, -0.1) is 0 Å². The van der Waals surface area contributed by atoms with Crippen molar-refractivity contribution >= 4 is 15.9 Å². The van der Waals surface area contributed by atoms with E-state index in [2.05, 4.69) is 54.0 Å². The molecular weight excluding hydrogens is 316 g/mol. The number of fused-ring (bicyclic) bond motifs is 1. The van der Waals surface area contributed by atoms with Gasteiger partial charge in [0.05, 0.1) is 4.83 Å². The van der Waals surface area contributed by atoms with Gasteiger partial charge in [-0.3, -0.25) is 0 Å². The number of hydrogen-bond donors (Lipinski definition) is 0. The second-order valence-electron chi connectivity index (χ2n) is 5.22. The molecule has 2 aromatic carbocycles. The van der Waals surface area contributed by atoms with E-state index in [4.69, 9.17) is 9.47 Å². The fourth-order valence-corrected chi connectivity index (χ4v) is 2.90. The smallest absolute Gasteiger partial charge is 0.143 e. The number of ether oxygens (including phenoxy) is 2. The van der Waals surface area contributed by atoms with Crippen molar-refractivity contribution in [2.75, 3.05) is 6.61 Å². The van der Waals surface area contributed by atoms with Crippen molar-refractivity contribution in [2.24, 2.45) is 0 Å². The Balaban J connectivity index is 1.92. The second kappa shape index (κ2) is 5.49. The molecule has 0 bridgehead atoms. The Morgan fingerprint density at radius 2 is 1.75 bits per heavy atom. The highest BCUT2D eigenvalue weighted by molar-refractivity contribution is 9.09. The maximum Gasteiger partial charge on any atom is 0.143 e. The Bertz CT molecular complexity index is 607. The lowest BCUT2D eigenvalue weighted by Crippen LogP contribution is -2.29. The first-order valence-electron chi connectivity index (χ1n) is 6.74. The standard InChI is InChI=1S/C17H17BrO2/c1-11-3-6-13(7-4-11)20-17-14-9-12(2)5-8-16(14)19-10-15(17)18/h3-9,15,17H,10H2,1-2H3/t15-,17-/m1/s1. The van der Waals surface area contributed by atoms with Crippen molar-refractivity contribution in [3.63, 3.8) is 0 Å². The van der Waals surface area contributed by atoms with E-state index in [1.165, 1.54) is 11.1 Å². The summed E-state index contributed by atoms with van der Waals surface area (Å²) in [6.07, 6.45) is -0.0265. The van der Waals surface area contributed by atoms with Crippen molar-refractivity contribution in [3.8, 4) is 11.5 Å². The van der Waals surface area contributed by atoms with Crippen molar-refractivity contribution in [1.29, 1.82) is 0 Å². The molecule has 0 saturated carbocycles. The quantitative estimate of drug-likeness (QED) is 0.749. The van der Waals surface area contributed by atoms with Crippen LogP contribution in [-0.4, -0.2) is 11.4 Å². The summed E-state index contributed by atoms with van der Waals surface area (Å²) >= 11 is 3.67. The lowest BCUT2D eigenvalue weighted by Gasteiger charge is -2.31. The molecule has 0 spiro atoms. The lowest BCUT2D eigenvalue weighted by molar-refractivity contribution is 0.146. The van der Waals surface area contributed by atoms with Gasteiger partial charge in [0.15, 0.2) is 0 Å². The molecule has 1 aliphatic heterocycles. The minimum atomic E-state index is -0.0265. The molecule has 0 aromatic heterocycles. The molecule has 0 fully saturated rings. The minimum absolute atomic E-state index is 0.0265. The molecule has 2 aromatic rings. The maximum absolute atomic E-state index is 6.18. The Morgan fingerprint density at radius 1 is 1.05 bits per heavy atom. The molecule has 0 aliphatic carbocycles. The molecule has 1 aliphatic rings. The molecule has 0 saturated heterocycles. The number of rotatable bonds is 2. The molecule has 3 rings (SSSR count). The van der Waals surface area contributed by atoms with Gasteiger partial charge in [-0.05, 0) is 38.1 Å². The molecule has 2 nitrogen and oxygen atoms in total. The molecule has 0 amide bonds. The van der Waals surface area contributed by atoms with Gasteiger partial charge in [0.1, 0.15) is 24.2 Å². The fourth-order valence-electron chi connectivity index (χ4n) is 2.37. The average molecular weight is 333 g/mol. The molecular formula is C17H17BrO2. The molecule has 2 atom stereocenters. The molecule has 20 heavy (non-hydrogen) atoms. The summed E-state index contributed by atoms with van der Waals surface area (Å²) in [5, 5.41) is 0. The Morgan fingerprint density at radius 3 is 2.50 bits per heavy atom. The van der Waals surface area contributed by atoms with E-state index in [0.717, 1.165) is 17.1 Å². The van der Waals surface area contributed by atoms with Crippen LogP contribution in [0.2, 0.25) is 0 Å². The van der Waals surface area contributed by atoms with Crippen LogP contribution in [0.4, 0.5) is 0 Å². The Labute approximate surface area is 127 Å². The summed E-state index contributed by atoms with van der Waals surface area (Å²) in [5.74, 6) is 1.81. The third kappa shape index (κ3) is 2.68. The lowest BCUT2D eigenvalue weighted by atomic mass is 10.0. The predicted molar refractivity (Wildman–Crippen MR) is 83.9 cm³/mol. The number of alkyl halides is 1. The molecule has 0 radical (unpaired) electrons. The second-order valence-corrected chi connectivity index (χ2v) is 6.40. The van der Waals surface area contributed by atoms with E-state index in [0.29, 0.717) is 6.61 Å². The van der Waals surface area contributed by atoms with Crippen LogP contribution in [0.5, 0.6) is 11.5 Å². The van der Waals surface area contributed by atoms with Crippen LogP contribution in [0.1, 0.15) is 22.8 Å². The summed E-state index contributed by atoms with van der Waals surface area (Å²) in [6, 6.07) is 14.4. The number of benzene rings is 2. The fraction of sp³-hybridized carbons (Fsp3) is 0.294. The summed E-state index contributed by atoms with van der Waals surface area (Å²) in [5.41, 5.74) is 3.56. The van der Waals surface area contributed by atoms with E-state index >= 15 is 0 Å². The summed E-state index contributed by atoms with van der Waals surface area (Å²) in [4.78, 5) is 0.151.